The Morgan fingerprint density at radius 1 is 1.39 bits per heavy atom. The van der Waals surface area contributed by atoms with Crippen molar-refractivity contribution in [1.29, 1.82) is 0 Å². The molecule has 7 nitrogen and oxygen atoms in total. The second-order valence-electron chi connectivity index (χ2n) is 6.46. The third-order valence-corrected chi connectivity index (χ3v) is 5.99. The van der Waals surface area contributed by atoms with Gasteiger partial charge in [-0.15, -0.1) is 0 Å². The van der Waals surface area contributed by atoms with Crippen LogP contribution < -0.4 is 9.62 Å². The lowest BCUT2D eigenvalue weighted by Gasteiger charge is -2.33. The minimum absolute atomic E-state index is 0.101. The van der Waals surface area contributed by atoms with Crippen molar-refractivity contribution in [3.8, 4) is 0 Å². The lowest BCUT2D eigenvalue weighted by molar-refractivity contribution is -0.0362. The number of ether oxygens (including phenoxy) is 1. The summed E-state index contributed by atoms with van der Waals surface area (Å²) in [4.78, 5) is 8.88. The molecule has 2 aliphatic heterocycles. The van der Waals surface area contributed by atoms with Gasteiger partial charge >= 0.3 is 0 Å². The molecule has 2 atom stereocenters. The summed E-state index contributed by atoms with van der Waals surface area (Å²) >= 11 is 0. The van der Waals surface area contributed by atoms with Gasteiger partial charge in [-0.25, -0.2) is 18.1 Å². The molecule has 0 bridgehead atoms. The van der Waals surface area contributed by atoms with Gasteiger partial charge in [0, 0.05) is 31.9 Å². The first kappa shape index (κ1) is 16.6. The molecule has 1 aromatic rings. The van der Waals surface area contributed by atoms with Gasteiger partial charge in [0.1, 0.15) is 10.7 Å². The normalized spacial score (nSPS) is 25.8. The largest absolute Gasteiger partial charge is 0.373 e. The predicted octanol–water partition coefficient (Wildman–Crippen LogP) is 0.288. The summed E-state index contributed by atoms with van der Waals surface area (Å²) in [5, 5.41) is 0. The maximum Gasteiger partial charge on any atom is 0.244 e. The van der Waals surface area contributed by atoms with Crippen molar-refractivity contribution >= 4 is 15.8 Å². The van der Waals surface area contributed by atoms with Crippen LogP contribution in [0.3, 0.4) is 0 Å². The van der Waals surface area contributed by atoms with E-state index in [1.54, 1.807) is 32.2 Å². The van der Waals surface area contributed by atoms with Gasteiger partial charge in [-0.2, -0.15) is 0 Å². The van der Waals surface area contributed by atoms with Crippen LogP contribution in [0.15, 0.2) is 23.2 Å². The second kappa shape index (κ2) is 6.35. The fraction of sp³-hybridized carbons (Fsp3) is 0.667. The zero-order chi connectivity index (χ0) is 16.6. The van der Waals surface area contributed by atoms with E-state index in [0.29, 0.717) is 19.0 Å². The Kier molecular flexibility index (Phi) is 4.59. The Bertz CT molecular complexity index is 664. The third-order valence-electron chi connectivity index (χ3n) is 4.31. The molecule has 3 rings (SSSR count). The van der Waals surface area contributed by atoms with Gasteiger partial charge in [0.15, 0.2) is 0 Å². The van der Waals surface area contributed by atoms with Crippen LogP contribution in [0, 0.1) is 0 Å². The van der Waals surface area contributed by atoms with Gasteiger partial charge in [0.2, 0.25) is 10.0 Å². The Labute approximate surface area is 137 Å². The van der Waals surface area contributed by atoms with Crippen molar-refractivity contribution < 1.29 is 13.2 Å². The van der Waals surface area contributed by atoms with Crippen molar-refractivity contribution in [3.05, 3.63) is 18.3 Å². The summed E-state index contributed by atoms with van der Waals surface area (Å²) in [5.74, 6) is 0.507. The lowest BCUT2D eigenvalue weighted by Crippen LogP contribution is -2.48. The molecule has 23 heavy (non-hydrogen) atoms. The summed E-state index contributed by atoms with van der Waals surface area (Å²) in [6, 6.07) is 3.38. The molecule has 1 N–H and O–H groups in total. The number of pyridine rings is 1. The highest BCUT2D eigenvalue weighted by molar-refractivity contribution is 7.89. The molecule has 0 aliphatic carbocycles. The highest BCUT2D eigenvalue weighted by Gasteiger charge is 2.40. The van der Waals surface area contributed by atoms with Crippen LogP contribution in [0.5, 0.6) is 0 Å². The third kappa shape index (κ3) is 3.35. The maximum absolute atomic E-state index is 12.6. The molecular weight excluding hydrogens is 316 g/mol. The first-order valence-electron chi connectivity index (χ1n) is 7.92. The minimum Gasteiger partial charge on any atom is -0.373 e. The molecule has 8 heteroatoms. The average Bonchev–Trinajstić information content (AvgIpc) is 2.91. The van der Waals surface area contributed by atoms with Crippen LogP contribution in [0.2, 0.25) is 0 Å². The maximum atomic E-state index is 12.6. The summed E-state index contributed by atoms with van der Waals surface area (Å²) in [6.07, 6.45) is 1.74. The second-order valence-corrected chi connectivity index (χ2v) is 8.15. The predicted molar refractivity (Wildman–Crippen MR) is 88.1 cm³/mol. The van der Waals surface area contributed by atoms with Crippen molar-refractivity contribution in [2.45, 2.75) is 36.9 Å². The van der Waals surface area contributed by atoms with Gasteiger partial charge in [-0.05, 0) is 33.0 Å². The van der Waals surface area contributed by atoms with E-state index in [1.807, 2.05) is 4.90 Å². The molecule has 0 radical (unpaired) electrons. The number of likely N-dealkylation sites (N-methyl/N-ethyl adjacent to an activating group) is 1. The topological polar surface area (TPSA) is 74.8 Å². The van der Waals surface area contributed by atoms with Crippen LogP contribution in [0.4, 0.5) is 5.82 Å². The Morgan fingerprint density at radius 2 is 2.17 bits per heavy atom. The van der Waals surface area contributed by atoms with Crippen LogP contribution in [-0.2, 0) is 14.8 Å². The zero-order valence-corrected chi connectivity index (χ0v) is 14.6. The van der Waals surface area contributed by atoms with Gasteiger partial charge in [0.25, 0.3) is 0 Å². The number of morpholine rings is 1. The molecule has 0 saturated carbocycles. The molecule has 0 unspecified atom stereocenters. The number of aromatic nitrogens is 1. The molecule has 0 aromatic carbocycles. The van der Waals surface area contributed by atoms with Gasteiger partial charge in [-0.3, -0.25) is 4.90 Å². The van der Waals surface area contributed by atoms with E-state index in [0.717, 1.165) is 13.1 Å². The standard InChI is InChI=1S/C15H24N4O3S/c1-11(2)17-23(20,21)14-5-4-6-16-15(14)19-9-12-13(10-19)22-8-7-18(12)3/h4-6,11-13,17H,7-10H2,1-3H3/t12-,13+/m0/s1. The minimum atomic E-state index is -3.58. The number of sulfonamides is 1. The van der Waals surface area contributed by atoms with E-state index in [-0.39, 0.29) is 23.1 Å². The van der Waals surface area contributed by atoms with E-state index >= 15 is 0 Å². The number of nitrogens with zero attached hydrogens (tertiary/aromatic N) is 3. The number of nitrogens with one attached hydrogen (secondary N) is 1. The Balaban J connectivity index is 1.90. The van der Waals surface area contributed by atoms with Gasteiger partial charge < -0.3 is 9.64 Å². The van der Waals surface area contributed by atoms with Gasteiger partial charge in [0.05, 0.1) is 18.8 Å². The fourth-order valence-corrected chi connectivity index (χ4v) is 4.66. The summed E-state index contributed by atoms with van der Waals surface area (Å²) < 4.78 is 33.6. The summed E-state index contributed by atoms with van der Waals surface area (Å²) in [7, 11) is -1.50. The summed E-state index contributed by atoms with van der Waals surface area (Å²) in [5.41, 5.74) is 0. The fourth-order valence-electron chi connectivity index (χ4n) is 3.23. The van der Waals surface area contributed by atoms with E-state index in [1.165, 1.54) is 0 Å². The molecule has 1 aromatic heterocycles. The van der Waals surface area contributed by atoms with Crippen molar-refractivity contribution in [2.24, 2.45) is 0 Å². The lowest BCUT2D eigenvalue weighted by atomic mass is 10.1. The number of rotatable bonds is 4. The van der Waals surface area contributed by atoms with Crippen LogP contribution >= 0.6 is 0 Å². The Morgan fingerprint density at radius 3 is 2.87 bits per heavy atom. The van der Waals surface area contributed by atoms with E-state index in [2.05, 4.69) is 21.7 Å². The molecule has 0 spiro atoms. The average molecular weight is 340 g/mol. The van der Waals surface area contributed by atoms with Crippen molar-refractivity contribution in [1.82, 2.24) is 14.6 Å². The summed E-state index contributed by atoms with van der Waals surface area (Å²) in [6.45, 7) is 6.62. The number of hydrogen-bond acceptors (Lipinski definition) is 6. The highest BCUT2D eigenvalue weighted by atomic mass is 32.2. The molecule has 2 saturated heterocycles. The first-order chi connectivity index (χ1) is 10.9. The number of fused-ring (bicyclic) bond motifs is 1. The first-order valence-corrected chi connectivity index (χ1v) is 9.41. The highest BCUT2D eigenvalue weighted by Crippen LogP contribution is 2.29. The molecule has 128 valence electrons. The van der Waals surface area contributed by atoms with E-state index < -0.39 is 10.0 Å². The molecule has 2 aliphatic rings. The quantitative estimate of drug-likeness (QED) is 0.849. The molecule has 3 heterocycles. The molecular formula is C15H24N4O3S. The van der Waals surface area contributed by atoms with E-state index in [4.69, 9.17) is 4.74 Å². The van der Waals surface area contributed by atoms with Gasteiger partial charge in [-0.1, -0.05) is 0 Å². The van der Waals surface area contributed by atoms with Crippen molar-refractivity contribution in [2.75, 3.05) is 38.2 Å². The van der Waals surface area contributed by atoms with E-state index in [9.17, 15) is 8.42 Å². The van der Waals surface area contributed by atoms with Crippen LogP contribution in [-0.4, -0.2) is 69.8 Å². The SMILES string of the molecule is CC(C)NS(=O)(=O)c1cccnc1N1C[C@H]2OCCN(C)[C@H]2C1. The Hall–Kier alpha value is -1.22. The number of anilines is 1. The monoisotopic (exact) mass is 340 g/mol. The molecule has 0 amide bonds. The van der Waals surface area contributed by atoms with Crippen LogP contribution in [0.1, 0.15) is 13.8 Å². The van der Waals surface area contributed by atoms with Crippen LogP contribution in [0.25, 0.3) is 0 Å². The molecule has 2 fully saturated rings. The zero-order valence-electron chi connectivity index (χ0n) is 13.8. The van der Waals surface area contributed by atoms with Crippen molar-refractivity contribution in [3.63, 3.8) is 0 Å². The number of hydrogen-bond donors (Lipinski definition) is 1. The smallest absolute Gasteiger partial charge is 0.244 e.